The number of hydrazone groups is 1. The second kappa shape index (κ2) is 10.5. The number of nitrogens with one attached hydrogen (secondary N) is 1. The molecule has 0 atom stereocenters. The molecule has 2 aromatic carbocycles. The lowest BCUT2D eigenvalue weighted by Crippen LogP contribution is -2.20. The monoisotopic (exact) mass is 454 g/mol. The van der Waals surface area contributed by atoms with E-state index in [9.17, 15) is 14.7 Å². The smallest absolute Gasteiger partial charge is 0.341 e. The minimum absolute atomic E-state index is 0.213. The Morgan fingerprint density at radius 3 is 2.03 bits per heavy atom. The summed E-state index contributed by atoms with van der Waals surface area (Å²) in [6.07, 6.45) is 2.30. The van der Waals surface area contributed by atoms with E-state index in [0.717, 1.165) is 22.3 Å². The second-order valence-electron chi connectivity index (χ2n) is 10.1. The van der Waals surface area contributed by atoms with Gasteiger partial charge in [-0.2, -0.15) is 5.10 Å². The van der Waals surface area contributed by atoms with E-state index in [0.29, 0.717) is 17.9 Å². The van der Waals surface area contributed by atoms with Gasteiger partial charge in [0.05, 0.1) is 6.21 Å². The molecule has 3 N–H and O–H groups in total. The molecule has 0 saturated carbocycles. The summed E-state index contributed by atoms with van der Waals surface area (Å²) in [5.41, 5.74) is 5.57. The molecule has 2 aromatic rings. The number of hydrogen-bond acceptors (Lipinski definition) is 5. The van der Waals surface area contributed by atoms with E-state index in [2.05, 4.69) is 52.1 Å². The summed E-state index contributed by atoms with van der Waals surface area (Å²) in [5.74, 6) is -0.487. The van der Waals surface area contributed by atoms with Gasteiger partial charge in [-0.05, 0) is 63.8 Å². The van der Waals surface area contributed by atoms with Gasteiger partial charge in [0.1, 0.15) is 11.5 Å². The lowest BCUT2D eigenvalue weighted by Gasteiger charge is -2.28. The fraction of sp³-hybridized carbons (Fsp3) is 0.423. The van der Waals surface area contributed by atoms with E-state index in [1.165, 1.54) is 6.21 Å². The van der Waals surface area contributed by atoms with Gasteiger partial charge in [0.15, 0.2) is 6.61 Å². The van der Waals surface area contributed by atoms with Crippen molar-refractivity contribution in [2.75, 3.05) is 6.61 Å². The Morgan fingerprint density at radius 1 is 1.00 bits per heavy atom. The van der Waals surface area contributed by atoms with Crippen LogP contribution in [0.1, 0.15) is 70.2 Å². The zero-order valence-electron chi connectivity index (χ0n) is 20.2. The van der Waals surface area contributed by atoms with Crippen LogP contribution in [0.2, 0.25) is 0 Å². The number of amides is 1. The third-order valence-electron chi connectivity index (χ3n) is 5.07. The maximum absolute atomic E-state index is 12.3. The van der Waals surface area contributed by atoms with Gasteiger partial charge >= 0.3 is 5.97 Å². The maximum atomic E-state index is 12.3. The first kappa shape index (κ1) is 25.9. The number of aryl methyl sites for hydroxylation is 1. The number of nitrogens with zero attached hydrogens (tertiary/aromatic N) is 1. The number of carbonyl (C=O) groups is 2. The first-order valence-corrected chi connectivity index (χ1v) is 10.9. The number of benzene rings is 2. The standard InChI is InChI=1S/C26H34N2O5/c1-25(2,3)20-13-18(14-21(24(20)32)26(4,5)6)9-12-22(29)28-27-15-17-7-10-19(11-8-17)33-16-23(30)31/h7-8,10-11,13-15,32H,9,12,16H2,1-6H3,(H,28,29)(H,30,31). The van der Waals surface area contributed by atoms with Crippen LogP contribution in [0.25, 0.3) is 0 Å². The highest BCUT2D eigenvalue weighted by Gasteiger charge is 2.26. The highest BCUT2D eigenvalue weighted by atomic mass is 16.5. The molecule has 2 rings (SSSR count). The lowest BCUT2D eigenvalue weighted by molar-refractivity contribution is -0.139. The fourth-order valence-electron chi connectivity index (χ4n) is 3.27. The summed E-state index contributed by atoms with van der Waals surface area (Å²) in [7, 11) is 0. The molecular weight excluding hydrogens is 420 g/mol. The summed E-state index contributed by atoms with van der Waals surface area (Å²) in [6, 6.07) is 10.7. The molecule has 178 valence electrons. The minimum atomic E-state index is -1.04. The van der Waals surface area contributed by atoms with Crippen LogP contribution >= 0.6 is 0 Å². The summed E-state index contributed by atoms with van der Waals surface area (Å²) in [4.78, 5) is 22.8. The number of carboxylic acid groups (broad SMARTS) is 1. The van der Waals surface area contributed by atoms with Crippen LogP contribution in [-0.4, -0.2) is 34.9 Å². The first-order valence-electron chi connectivity index (χ1n) is 10.9. The predicted molar refractivity (Wildman–Crippen MR) is 129 cm³/mol. The van der Waals surface area contributed by atoms with Gasteiger partial charge in [0.25, 0.3) is 0 Å². The summed E-state index contributed by atoms with van der Waals surface area (Å²) in [6.45, 7) is 12.0. The van der Waals surface area contributed by atoms with Crippen LogP contribution in [0, 0.1) is 0 Å². The van der Waals surface area contributed by atoms with Crippen molar-refractivity contribution in [1.29, 1.82) is 0 Å². The molecule has 0 radical (unpaired) electrons. The highest BCUT2D eigenvalue weighted by molar-refractivity contribution is 5.82. The molecule has 7 nitrogen and oxygen atoms in total. The molecule has 0 unspecified atom stereocenters. The third kappa shape index (κ3) is 7.93. The molecule has 0 spiro atoms. The van der Waals surface area contributed by atoms with Gasteiger partial charge in [0, 0.05) is 6.42 Å². The van der Waals surface area contributed by atoms with E-state index in [1.54, 1.807) is 24.3 Å². The molecule has 0 saturated heterocycles. The number of carbonyl (C=O) groups excluding carboxylic acids is 1. The molecule has 33 heavy (non-hydrogen) atoms. The number of aliphatic carboxylic acids is 1. The number of phenolic OH excluding ortho intramolecular Hbond substituents is 1. The molecule has 0 aliphatic rings. The van der Waals surface area contributed by atoms with Crippen LogP contribution in [0.5, 0.6) is 11.5 Å². The molecule has 0 aliphatic carbocycles. The second-order valence-corrected chi connectivity index (χ2v) is 10.1. The quantitative estimate of drug-likeness (QED) is 0.401. The van der Waals surface area contributed by atoms with Crippen LogP contribution in [0.4, 0.5) is 0 Å². The first-order chi connectivity index (χ1) is 15.3. The van der Waals surface area contributed by atoms with Crippen molar-refractivity contribution in [2.45, 2.75) is 65.2 Å². The van der Waals surface area contributed by atoms with Gasteiger partial charge < -0.3 is 14.9 Å². The Morgan fingerprint density at radius 2 is 1.55 bits per heavy atom. The molecular formula is C26H34N2O5. The molecule has 0 bridgehead atoms. The van der Waals surface area contributed by atoms with Gasteiger partial charge in [-0.15, -0.1) is 0 Å². The summed E-state index contributed by atoms with van der Waals surface area (Å²) < 4.78 is 5.08. The Bertz CT molecular complexity index is 977. The maximum Gasteiger partial charge on any atom is 0.341 e. The number of carboxylic acids is 1. The number of rotatable bonds is 8. The number of hydrogen-bond donors (Lipinski definition) is 3. The van der Waals surface area contributed by atoms with Crippen molar-refractivity contribution < 1.29 is 24.5 Å². The number of ether oxygens (including phenoxy) is 1. The van der Waals surface area contributed by atoms with Crippen molar-refractivity contribution in [2.24, 2.45) is 5.10 Å². The summed E-state index contributed by atoms with van der Waals surface area (Å²) >= 11 is 0. The molecule has 0 aromatic heterocycles. The Balaban J connectivity index is 1.99. The van der Waals surface area contributed by atoms with E-state index >= 15 is 0 Å². The van der Waals surface area contributed by atoms with Gasteiger partial charge in [-0.1, -0.05) is 53.7 Å². The van der Waals surface area contributed by atoms with Gasteiger partial charge in [-0.3, -0.25) is 4.79 Å². The SMILES string of the molecule is CC(C)(C)c1cc(CCC(=O)NN=Cc2ccc(OCC(=O)O)cc2)cc(C(C)(C)C)c1O. The van der Waals surface area contributed by atoms with Crippen molar-refractivity contribution >= 4 is 18.1 Å². The Labute approximate surface area is 195 Å². The zero-order chi connectivity index (χ0) is 24.8. The van der Waals surface area contributed by atoms with Crippen LogP contribution in [0.15, 0.2) is 41.5 Å². The zero-order valence-corrected chi connectivity index (χ0v) is 20.2. The minimum Gasteiger partial charge on any atom is -0.507 e. The number of aromatic hydroxyl groups is 1. The van der Waals surface area contributed by atoms with Crippen molar-refractivity contribution in [1.82, 2.24) is 5.43 Å². The van der Waals surface area contributed by atoms with Crippen molar-refractivity contribution in [3.05, 3.63) is 58.7 Å². The van der Waals surface area contributed by atoms with E-state index < -0.39 is 12.6 Å². The normalized spacial score (nSPS) is 12.1. The van der Waals surface area contributed by atoms with Crippen molar-refractivity contribution in [3.8, 4) is 11.5 Å². The van der Waals surface area contributed by atoms with Gasteiger partial charge in [0.2, 0.25) is 5.91 Å². The molecule has 0 heterocycles. The molecule has 0 fully saturated rings. The number of phenols is 1. The molecule has 1 amide bonds. The predicted octanol–water partition coefficient (Wildman–Crippen LogP) is 4.53. The topological polar surface area (TPSA) is 108 Å². The van der Waals surface area contributed by atoms with E-state index in [4.69, 9.17) is 9.84 Å². The molecule has 0 aliphatic heterocycles. The van der Waals surface area contributed by atoms with E-state index in [-0.39, 0.29) is 23.2 Å². The van der Waals surface area contributed by atoms with Crippen LogP contribution < -0.4 is 10.2 Å². The molecule has 7 heteroatoms. The van der Waals surface area contributed by atoms with Gasteiger partial charge in [-0.25, -0.2) is 10.2 Å². The van der Waals surface area contributed by atoms with Crippen LogP contribution in [-0.2, 0) is 26.8 Å². The fourth-order valence-corrected chi connectivity index (χ4v) is 3.27. The Kier molecular flexibility index (Phi) is 8.25. The average Bonchev–Trinajstić information content (AvgIpc) is 2.70. The van der Waals surface area contributed by atoms with Crippen molar-refractivity contribution in [3.63, 3.8) is 0 Å². The highest BCUT2D eigenvalue weighted by Crippen LogP contribution is 2.39. The van der Waals surface area contributed by atoms with Crippen LogP contribution in [0.3, 0.4) is 0 Å². The average molecular weight is 455 g/mol. The lowest BCUT2D eigenvalue weighted by atomic mass is 9.78. The van der Waals surface area contributed by atoms with E-state index in [1.807, 2.05) is 12.1 Å². The largest absolute Gasteiger partial charge is 0.507 e. The third-order valence-corrected chi connectivity index (χ3v) is 5.07. The summed E-state index contributed by atoms with van der Waals surface area (Å²) in [5, 5.41) is 23.4. The Hall–Kier alpha value is -3.35.